The average Bonchev–Trinajstić information content (AvgIpc) is 2.10. The van der Waals surface area contributed by atoms with Crippen LogP contribution in [0.5, 0.6) is 0 Å². The summed E-state index contributed by atoms with van der Waals surface area (Å²) in [5, 5.41) is 0.511. The third-order valence-electron chi connectivity index (χ3n) is 4.92. The van der Waals surface area contributed by atoms with Crippen LogP contribution in [0, 0.1) is 0 Å². The SMILES string of the molecule is CC(O[Si](C)(C)C(C)(C)C)SC(C)O[Si](C)(C)C(C)(C)C. The van der Waals surface area contributed by atoms with E-state index in [1.807, 2.05) is 11.8 Å². The highest BCUT2D eigenvalue weighted by atomic mass is 32.2. The molecule has 128 valence electrons. The summed E-state index contributed by atoms with van der Waals surface area (Å²) in [6, 6.07) is 0. The lowest BCUT2D eigenvalue weighted by Gasteiger charge is -2.41. The molecule has 0 radical (unpaired) electrons. The van der Waals surface area contributed by atoms with E-state index in [0.29, 0.717) is 0 Å². The van der Waals surface area contributed by atoms with Gasteiger partial charge in [-0.25, -0.2) is 0 Å². The normalized spacial score (nSPS) is 17.7. The van der Waals surface area contributed by atoms with E-state index in [9.17, 15) is 0 Å². The van der Waals surface area contributed by atoms with Crippen molar-refractivity contribution in [1.82, 2.24) is 0 Å². The van der Waals surface area contributed by atoms with Crippen molar-refractivity contribution in [2.45, 2.75) is 103 Å². The van der Waals surface area contributed by atoms with Gasteiger partial charge in [0.15, 0.2) is 16.6 Å². The van der Waals surface area contributed by atoms with Gasteiger partial charge < -0.3 is 8.85 Å². The number of thioether (sulfide) groups is 1. The molecule has 0 saturated heterocycles. The third-order valence-corrected chi connectivity index (χ3v) is 15.3. The van der Waals surface area contributed by atoms with Crippen molar-refractivity contribution in [3.63, 3.8) is 0 Å². The van der Waals surface area contributed by atoms with Crippen LogP contribution < -0.4 is 0 Å². The molecule has 0 aliphatic rings. The summed E-state index contributed by atoms with van der Waals surface area (Å²) in [5.41, 5.74) is 0.372. The highest BCUT2D eigenvalue weighted by Crippen LogP contribution is 2.41. The fourth-order valence-corrected chi connectivity index (χ4v) is 6.30. The van der Waals surface area contributed by atoms with Crippen molar-refractivity contribution < 1.29 is 8.85 Å². The van der Waals surface area contributed by atoms with E-state index in [1.54, 1.807) is 0 Å². The maximum atomic E-state index is 6.41. The molecular formula is C16H38O2SSi2. The molecule has 0 heterocycles. The molecule has 0 saturated carbocycles. The quantitative estimate of drug-likeness (QED) is 0.405. The van der Waals surface area contributed by atoms with Crippen LogP contribution in [0.1, 0.15) is 55.4 Å². The Morgan fingerprint density at radius 1 is 0.667 bits per heavy atom. The Hall–Kier alpha value is 0.704. The lowest BCUT2D eigenvalue weighted by molar-refractivity contribution is 0.254. The van der Waals surface area contributed by atoms with Gasteiger partial charge in [0.2, 0.25) is 0 Å². The molecule has 2 unspecified atom stereocenters. The zero-order chi connectivity index (χ0) is 17.3. The summed E-state index contributed by atoms with van der Waals surface area (Å²) in [4.78, 5) is 0. The maximum absolute atomic E-state index is 6.41. The fraction of sp³-hybridized carbons (Fsp3) is 1.00. The minimum absolute atomic E-state index is 0.186. The molecule has 5 heteroatoms. The van der Waals surface area contributed by atoms with Crippen LogP contribution in [0.4, 0.5) is 0 Å². The van der Waals surface area contributed by atoms with E-state index in [2.05, 4.69) is 81.6 Å². The monoisotopic (exact) mass is 350 g/mol. The van der Waals surface area contributed by atoms with Gasteiger partial charge in [-0.2, -0.15) is 0 Å². The van der Waals surface area contributed by atoms with Crippen molar-refractivity contribution in [2.24, 2.45) is 0 Å². The number of rotatable bonds is 6. The Bertz CT molecular complexity index is 298. The zero-order valence-electron chi connectivity index (χ0n) is 16.4. The molecule has 2 atom stereocenters. The van der Waals surface area contributed by atoms with Gasteiger partial charge in [-0.3, -0.25) is 0 Å². The molecule has 0 rings (SSSR count). The highest BCUT2D eigenvalue weighted by molar-refractivity contribution is 8.00. The summed E-state index contributed by atoms with van der Waals surface area (Å²) in [7, 11) is -3.39. The van der Waals surface area contributed by atoms with Crippen molar-refractivity contribution in [2.75, 3.05) is 0 Å². The lowest BCUT2D eigenvalue weighted by atomic mass is 10.2. The molecule has 0 bridgehead atoms. The molecular weight excluding hydrogens is 312 g/mol. The first-order chi connectivity index (χ1) is 8.99. The van der Waals surface area contributed by atoms with Crippen LogP contribution in [0.15, 0.2) is 0 Å². The molecule has 0 N–H and O–H groups in total. The second-order valence-corrected chi connectivity index (χ2v) is 20.1. The maximum Gasteiger partial charge on any atom is 0.193 e. The van der Waals surface area contributed by atoms with Crippen molar-refractivity contribution in [3.8, 4) is 0 Å². The molecule has 0 aliphatic carbocycles. The molecule has 0 aromatic heterocycles. The molecule has 0 spiro atoms. The van der Waals surface area contributed by atoms with E-state index in [0.717, 1.165) is 0 Å². The van der Waals surface area contributed by atoms with Crippen LogP contribution in [0.25, 0.3) is 0 Å². The predicted octanol–water partition coefficient (Wildman–Crippen LogP) is 6.46. The van der Waals surface area contributed by atoms with Crippen LogP contribution >= 0.6 is 11.8 Å². The van der Waals surface area contributed by atoms with Gasteiger partial charge in [0.1, 0.15) is 0 Å². The van der Waals surface area contributed by atoms with Crippen molar-refractivity contribution in [3.05, 3.63) is 0 Å². The van der Waals surface area contributed by atoms with E-state index in [4.69, 9.17) is 8.85 Å². The van der Waals surface area contributed by atoms with Crippen LogP contribution in [0.2, 0.25) is 36.3 Å². The average molecular weight is 351 g/mol. The van der Waals surface area contributed by atoms with E-state index >= 15 is 0 Å². The van der Waals surface area contributed by atoms with E-state index in [-0.39, 0.29) is 20.9 Å². The van der Waals surface area contributed by atoms with Crippen LogP contribution in [-0.4, -0.2) is 27.5 Å². The second-order valence-electron chi connectivity index (χ2n) is 9.03. The Balaban J connectivity index is 4.58. The van der Waals surface area contributed by atoms with Crippen LogP contribution in [0.3, 0.4) is 0 Å². The summed E-state index contributed by atoms with van der Waals surface area (Å²) in [6.07, 6.45) is 0. The first-order valence-electron chi connectivity index (χ1n) is 8.01. The van der Waals surface area contributed by atoms with Crippen LogP contribution in [-0.2, 0) is 8.85 Å². The molecule has 0 aromatic rings. The molecule has 0 aliphatic heterocycles. The second kappa shape index (κ2) is 7.08. The largest absolute Gasteiger partial charge is 0.405 e. The number of hydrogen-bond acceptors (Lipinski definition) is 3. The first kappa shape index (κ1) is 21.7. The Morgan fingerprint density at radius 2 is 0.905 bits per heavy atom. The topological polar surface area (TPSA) is 18.5 Å². The standard InChI is InChI=1S/C16H38O2SSi2/c1-13(17-20(9,10)15(3,4)5)19-14(2)18-21(11,12)16(6,7)8/h13-14H,1-12H3. The van der Waals surface area contributed by atoms with E-state index < -0.39 is 16.6 Å². The fourth-order valence-electron chi connectivity index (χ4n) is 1.51. The molecule has 21 heavy (non-hydrogen) atoms. The van der Waals surface area contributed by atoms with Gasteiger partial charge in [0, 0.05) is 0 Å². The highest BCUT2D eigenvalue weighted by Gasteiger charge is 2.40. The number of hydrogen-bond donors (Lipinski definition) is 0. The van der Waals surface area contributed by atoms with Gasteiger partial charge in [-0.05, 0) is 50.1 Å². The van der Waals surface area contributed by atoms with E-state index in [1.165, 1.54) is 0 Å². The summed E-state index contributed by atoms with van der Waals surface area (Å²) in [5.74, 6) is 0. The Kier molecular flexibility index (Phi) is 7.31. The first-order valence-corrected chi connectivity index (χ1v) is 14.8. The van der Waals surface area contributed by atoms with Gasteiger partial charge in [0.25, 0.3) is 0 Å². The molecule has 2 nitrogen and oxygen atoms in total. The van der Waals surface area contributed by atoms with Crippen molar-refractivity contribution in [1.29, 1.82) is 0 Å². The molecule has 0 aromatic carbocycles. The third kappa shape index (κ3) is 6.77. The van der Waals surface area contributed by atoms with Gasteiger partial charge in [-0.15, -0.1) is 11.8 Å². The summed E-state index contributed by atoms with van der Waals surface area (Å²) < 4.78 is 12.8. The predicted molar refractivity (Wildman–Crippen MR) is 103 cm³/mol. The Morgan fingerprint density at radius 3 is 1.10 bits per heavy atom. The summed E-state index contributed by atoms with van der Waals surface area (Å²) in [6.45, 7) is 27.3. The molecule has 0 amide bonds. The summed E-state index contributed by atoms with van der Waals surface area (Å²) >= 11 is 1.81. The molecule has 0 fully saturated rings. The lowest BCUT2D eigenvalue weighted by Crippen LogP contribution is -2.44. The van der Waals surface area contributed by atoms with Gasteiger partial charge in [0.05, 0.1) is 10.9 Å². The minimum atomic E-state index is -1.70. The smallest absolute Gasteiger partial charge is 0.193 e. The van der Waals surface area contributed by atoms with Crippen molar-refractivity contribution >= 4 is 28.4 Å². The zero-order valence-corrected chi connectivity index (χ0v) is 19.2. The van der Waals surface area contributed by atoms with Gasteiger partial charge in [-0.1, -0.05) is 41.5 Å². The Labute approximate surface area is 140 Å². The van der Waals surface area contributed by atoms with Gasteiger partial charge >= 0.3 is 0 Å². The minimum Gasteiger partial charge on any atom is -0.405 e.